The second-order valence-corrected chi connectivity index (χ2v) is 4.13. The predicted octanol–water partition coefficient (Wildman–Crippen LogP) is 1.92. The van der Waals surface area contributed by atoms with Crippen molar-refractivity contribution in [2.45, 2.75) is 12.5 Å². The molecule has 0 bridgehead atoms. The third-order valence-electron chi connectivity index (χ3n) is 2.53. The van der Waals surface area contributed by atoms with Crippen LogP contribution in [0.1, 0.15) is 12.5 Å². The minimum Gasteiger partial charge on any atom is -0.492 e. The Labute approximate surface area is 94.1 Å². The van der Waals surface area contributed by atoms with E-state index in [-0.39, 0.29) is 5.54 Å². The van der Waals surface area contributed by atoms with E-state index in [2.05, 4.69) is 0 Å². The van der Waals surface area contributed by atoms with E-state index in [0.717, 1.165) is 5.56 Å². The number of halogens is 1. The smallest absolute Gasteiger partial charge is 0.137 e. The first kappa shape index (κ1) is 10.7. The molecule has 15 heavy (non-hydrogen) atoms. The van der Waals surface area contributed by atoms with E-state index in [4.69, 9.17) is 26.8 Å². The molecular weight excluding hydrogens is 214 g/mol. The van der Waals surface area contributed by atoms with E-state index in [1.54, 1.807) is 0 Å². The molecule has 1 saturated heterocycles. The van der Waals surface area contributed by atoms with Crippen molar-refractivity contribution in [2.75, 3.05) is 19.8 Å². The molecule has 1 aromatic carbocycles. The van der Waals surface area contributed by atoms with Crippen LogP contribution in [0, 0.1) is 0 Å². The van der Waals surface area contributed by atoms with Crippen LogP contribution in [0.2, 0.25) is 5.02 Å². The normalized spacial score (nSPS) is 18.3. The van der Waals surface area contributed by atoms with Gasteiger partial charge in [-0.3, -0.25) is 0 Å². The van der Waals surface area contributed by atoms with Gasteiger partial charge in [0.15, 0.2) is 0 Å². The van der Waals surface area contributed by atoms with Gasteiger partial charge in [0.2, 0.25) is 0 Å². The van der Waals surface area contributed by atoms with E-state index in [1.807, 2.05) is 25.1 Å². The van der Waals surface area contributed by atoms with Crippen LogP contribution in [0.15, 0.2) is 18.2 Å². The highest BCUT2D eigenvalue weighted by Crippen LogP contribution is 2.32. The first-order valence-corrected chi connectivity index (χ1v) is 5.33. The van der Waals surface area contributed by atoms with Crippen LogP contribution in [0.3, 0.4) is 0 Å². The van der Waals surface area contributed by atoms with Gasteiger partial charge in [-0.05, 0) is 24.6 Å². The zero-order valence-electron chi connectivity index (χ0n) is 8.63. The van der Waals surface area contributed by atoms with Crippen molar-refractivity contribution >= 4 is 11.6 Å². The highest BCUT2D eigenvalue weighted by Gasteiger charge is 2.36. The van der Waals surface area contributed by atoms with Crippen molar-refractivity contribution in [1.29, 1.82) is 0 Å². The van der Waals surface area contributed by atoms with E-state index >= 15 is 0 Å². The maximum Gasteiger partial charge on any atom is 0.137 e. The van der Waals surface area contributed by atoms with Gasteiger partial charge in [-0.25, -0.2) is 0 Å². The van der Waals surface area contributed by atoms with Gasteiger partial charge in [-0.15, -0.1) is 0 Å². The summed E-state index contributed by atoms with van der Waals surface area (Å²) in [6, 6.07) is 5.66. The van der Waals surface area contributed by atoms with Gasteiger partial charge in [0.25, 0.3) is 0 Å². The Morgan fingerprint density at radius 1 is 1.53 bits per heavy atom. The van der Waals surface area contributed by atoms with Crippen LogP contribution < -0.4 is 10.5 Å². The largest absolute Gasteiger partial charge is 0.492 e. The lowest BCUT2D eigenvalue weighted by Gasteiger charge is -2.38. The summed E-state index contributed by atoms with van der Waals surface area (Å²) in [6.45, 7) is 3.64. The quantitative estimate of drug-likeness (QED) is 0.858. The van der Waals surface area contributed by atoms with Crippen LogP contribution in [-0.2, 0) is 10.3 Å². The molecule has 0 atom stereocenters. The SMILES string of the molecule is CCOc1ccc(C2(N)COC2)cc1Cl. The molecule has 4 heteroatoms. The summed E-state index contributed by atoms with van der Waals surface area (Å²) in [7, 11) is 0. The minimum absolute atomic E-state index is 0.367. The molecule has 0 amide bonds. The molecule has 0 radical (unpaired) electrons. The molecule has 0 unspecified atom stereocenters. The standard InChI is InChI=1S/C11H14ClNO2/c1-2-15-10-4-3-8(5-9(10)12)11(13)6-14-7-11/h3-5H,2,6-7,13H2,1H3. The van der Waals surface area contributed by atoms with Gasteiger partial charge in [0.05, 0.1) is 30.4 Å². The molecule has 0 saturated carbocycles. The van der Waals surface area contributed by atoms with E-state index in [1.165, 1.54) is 0 Å². The Hall–Kier alpha value is -0.770. The van der Waals surface area contributed by atoms with Crippen LogP contribution in [0.4, 0.5) is 0 Å². The molecule has 1 heterocycles. The van der Waals surface area contributed by atoms with Crippen LogP contribution >= 0.6 is 11.6 Å². The number of rotatable bonds is 3. The van der Waals surface area contributed by atoms with E-state index in [0.29, 0.717) is 30.6 Å². The molecule has 2 rings (SSSR count). The Morgan fingerprint density at radius 2 is 2.27 bits per heavy atom. The second kappa shape index (κ2) is 4.00. The van der Waals surface area contributed by atoms with Gasteiger partial charge in [-0.2, -0.15) is 0 Å². The third-order valence-corrected chi connectivity index (χ3v) is 2.82. The lowest BCUT2D eigenvalue weighted by atomic mass is 9.89. The predicted molar refractivity (Wildman–Crippen MR) is 59.3 cm³/mol. The van der Waals surface area contributed by atoms with Gasteiger partial charge in [0.1, 0.15) is 5.75 Å². The summed E-state index contributed by atoms with van der Waals surface area (Å²) < 4.78 is 10.5. The summed E-state index contributed by atoms with van der Waals surface area (Å²) in [6.07, 6.45) is 0. The third kappa shape index (κ3) is 1.95. The zero-order chi connectivity index (χ0) is 10.9. The molecule has 0 aliphatic carbocycles. The van der Waals surface area contributed by atoms with Crippen molar-refractivity contribution in [1.82, 2.24) is 0 Å². The first-order valence-electron chi connectivity index (χ1n) is 4.95. The van der Waals surface area contributed by atoms with Crippen molar-refractivity contribution in [3.05, 3.63) is 28.8 Å². The van der Waals surface area contributed by atoms with Gasteiger partial charge < -0.3 is 15.2 Å². The molecule has 0 spiro atoms. The fourth-order valence-corrected chi connectivity index (χ4v) is 1.81. The Bertz CT molecular complexity index is 364. The second-order valence-electron chi connectivity index (χ2n) is 3.73. The average molecular weight is 228 g/mol. The topological polar surface area (TPSA) is 44.5 Å². The lowest BCUT2D eigenvalue weighted by molar-refractivity contribution is -0.0569. The zero-order valence-corrected chi connectivity index (χ0v) is 9.38. The number of benzene rings is 1. The van der Waals surface area contributed by atoms with E-state index < -0.39 is 0 Å². The minimum atomic E-state index is -0.367. The maximum absolute atomic E-state index is 6.09. The van der Waals surface area contributed by atoms with Gasteiger partial charge in [0, 0.05) is 0 Å². The molecule has 3 nitrogen and oxygen atoms in total. The van der Waals surface area contributed by atoms with Crippen LogP contribution in [0.5, 0.6) is 5.75 Å². The number of nitrogens with two attached hydrogens (primary N) is 1. The molecule has 1 aliphatic rings. The van der Waals surface area contributed by atoms with Gasteiger partial charge >= 0.3 is 0 Å². The first-order chi connectivity index (χ1) is 7.15. The van der Waals surface area contributed by atoms with Crippen molar-refractivity contribution in [3.63, 3.8) is 0 Å². The summed E-state index contributed by atoms with van der Waals surface area (Å²) in [5.74, 6) is 0.701. The molecular formula is C11H14ClNO2. The molecule has 0 aromatic heterocycles. The number of ether oxygens (including phenoxy) is 2. The Kier molecular flexibility index (Phi) is 2.87. The molecule has 1 aliphatic heterocycles. The summed E-state index contributed by atoms with van der Waals surface area (Å²) >= 11 is 6.07. The van der Waals surface area contributed by atoms with Gasteiger partial charge in [-0.1, -0.05) is 17.7 Å². The summed E-state index contributed by atoms with van der Waals surface area (Å²) in [5, 5.41) is 0.603. The average Bonchev–Trinajstić information content (AvgIpc) is 2.18. The molecule has 2 N–H and O–H groups in total. The van der Waals surface area contributed by atoms with E-state index in [9.17, 15) is 0 Å². The highest BCUT2D eigenvalue weighted by molar-refractivity contribution is 6.32. The summed E-state index contributed by atoms with van der Waals surface area (Å²) in [5.41, 5.74) is 6.73. The summed E-state index contributed by atoms with van der Waals surface area (Å²) in [4.78, 5) is 0. The fraction of sp³-hybridized carbons (Fsp3) is 0.455. The molecule has 1 aromatic rings. The number of hydrogen-bond donors (Lipinski definition) is 1. The van der Waals surface area contributed by atoms with Crippen molar-refractivity contribution < 1.29 is 9.47 Å². The van der Waals surface area contributed by atoms with Crippen molar-refractivity contribution in [3.8, 4) is 5.75 Å². The Balaban J connectivity index is 2.25. The fourth-order valence-electron chi connectivity index (χ4n) is 1.57. The van der Waals surface area contributed by atoms with Crippen LogP contribution in [0.25, 0.3) is 0 Å². The monoisotopic (exact) mass is 227 g/mol. The highest BCUT2D eigenvalue weighted by atomic mass is 35.5. The number of hydrogen-bond acceptors (Lipinski definition) is 3. The molecule has 82 valence electrons. The van der Waals surface area contributed by atoms with Crippen molar-refractivity contribution in [2.24, 2.45) is 5.73 Å². The Morgan fingerprint density at radius 3 is 2.73 bits per heavy atom. The molecule has 1 fully saturated rings. The van der Waals surface area contributed by atoms with Crippen LogP contribution in [-0.4, -0.2) is 19.8 Å². The lowest BCUT2D eigenvalue weighted by Crippen LogP contribution is -2.54. The maximum atomic E-state index is 6.09.